The molecule has 0 saturated heterocycles. The molecule has 0 fully saturated rings. The van der Waals surface area contributed by atoms with Crippen LogP contribution in [-0.4, -0.2) is 96.7 Å². The molecule has 17 nitrogen and oxygen atoms in total. The molecule has 0 aliphatic carbocycles. The lowest BCUT2D eigenvalue weighted by Crippen LogP contribution is -2.30. The van der Waals surface area contributed by atoms with E-state index in [9.17, 15) is 43.2 Å². The summed E-state index contributed by atoms with van der Waals surface area (Å²) in [4.78, 5) is 72.2. The van der Waals surface area contributed by atoms with E-state index >= 15 is 0 Å². The minimum atomic E-state index is -4.95. The lowest BCUT2D eigenvalue weighted by atomic mass is 9.99. The Morgan fingerprint density at radius 3 is 0.855 bits per heavy atom. The molecule has 492 valence electrons. The Hall–Kier alpha value is -1.94. The number of esters is 4. The Balaban J connectivity index is 5.27. The molecular weight excluding hydrogens is 1100 g/mol. The number of rotatable bonds is 61. The van der Waals surface area contributed by atoms with Crippen molar-refractivity contribution in [3.63, 3.8) is 0 Å². The number of carbonyl (C=O) groups excluding carboxylic acids is 4. The molecule has 0 amide bonds. The first kappa shape index (κ1) is 81.1. The van der Waals surface area contributed by atoms with Crippen molar-refractivity contribution in [1.82, 2.24) is 0 Å². The highest BCUT2D eigenvalue weighted by atomic mass is 31.2. The largest absolute Gasteiger partial charge is 0.472 e. The molecule has 7 atom stereocenters. The van der Waals surface area contributed by atoms with Gasteiger partial charge in [-0.05, 0) is 49.4 Å². The van der Waals surface area contributed by atoms with Crippen LogP contribution in [0.15, 0.2) is 0 Å². The molecule has 3 N–H and O–H groups in total. The van der Waals surface area contributed by atoms with Gasteiger partial charge in [0.1, 0.15) is 19.3 Å². The highest BCUT2D eigenvalue weighted by Crippen LogP contribution is 2.45. The average molecular weight is 1230 g/mol. The molecule has 0 bridgehead atoms. The molecule has 0 rings (SSSR count). The van der Waals surface area contributed by atoms with Crippen LogP contribution < -0.4 is 0 Å². The van der Waals surface area contributed by atoms with Crippen molar-refractivity contribution in [2.75, 3.05) is 39.6 Å². The van der Waals surface area contributed by atoms with Crippen LogP contribution in [0.3, 0.4) is 0 Å². The maximum absolute atomic E-state index is 13.0. The molecule has 0 aliphatic heterocycles. The van der Waals surface area contributed by atoms with Crippen molar-refractivity contribution >= 4 is 39.5 Å². The van der Waals surface area contributed by atoms with Crippen molar-refractivity contribution in [2.45, 2.75) is 324 Å². The van der Waals surface area contributed by atoms with E-state index in [4.69, 9.17) is 37.0 Å². The summed E-state index contributed by atoms with van der Waals surface area (Å²) < 4.78 is 68.0. The number of aliphatic hydroxyl groups is 1. The fourth-order valence-corrected chi connectivity index (χ4v) is 10.9. The summed E-state index contributed by atoms with van der Waals surface area (Å²) in [6, 6.07) is 0. The van der Waals surface area contributed by atoms with Crippen molar-refractivity contribution in [3.8, 4) is 0 Å². The van der Waals surface area contributed by atoms with E-state index in [1.807, 2.05) is 0 Å². The van der Waals surface area contributed by atoms with Gasteiger partial charge in [-0.2, -0.15) is 0 Å². The number of carbonyl (C=O) groups is 4. The molecule has 83 heavy (non-hydrogen) atoms. The maximum atomic E-state index is 13.0. The van der Waals surface area contributed by atoms with Gasteiger partial charge in [0.05, 0.1) is 26.4 Å². The molecule has 0 aromatic carbocycles. The number of ether oxygens (including phenoxy) is 4. The van der Waals surface area contributed by atoms with Gasteiger partial charge in [0.15, 0.2) is 12.2 Å². The smallest absolute Gasteiger partial charge is 0.462 e. The Bertz CT molecular complexity index is 1670. The molecule has 0 heterocycles. The number of aliphatic hydroxyl groups excluding tert-OH is 1. The predicted octanol–water partition coefficient (Wildman–Crippen LogP) is 17.4. The highest BCUT2D eigenvalue weighted by molar-refractivity contribution is 7.47. The van der Waals surface area contributed by atoms with Gasteiger partial charge in [-0.25, -0.2) is 9.13 Å². The van der Waals surface area contributed by atoms with Crippen LogP contribution in [0.4, 0.5) is 0 Å². The number of phosphoric acid groups is 2. The molecule has 0 spiro atoms. The van der Waals surface area contributed by atoms with Crippen LogP contribution in [0.5, 0.6) is 0 Å². The molecule has 19 heteroatoms. The highest BCUT2D eigenvalue weighted by Gasteiger charge is 2.30. The van der Waals surface area contributed by atoms with Crippen LogP contribution >= 0.6 is 15.6 Å². The van der Waals surface area contributed by atoms with Crippen molar-refractivity contribution in [1.29, 1.82) is 0 Å². The summed E-state index contributed by atoms with van der Waals surface area (Å²) in [5.41, 5.74) is 0. The Kier molecular flexibility index (Phi) is 53.0. The molecular formula is C64H124O17P2. The second kappa shape index (κ2) is 54.2. The summed E-state index contributed by atoms with van der Waals surface area (Å²) in [6.07, 6.45) is 33.6. The van der Waals surface area contributed by atoms with E-state index in [1.54, 1.807) is 0 Å². The number of hydrogen-bond acceptors (Lipinski definition) is 15. The Morgan fingerprint density at radius 2 is 0.578 bits per heavy atom. The van der Waals surface area contributed by atoms with Crippen molar-refractivity contribution < 1.29 is 80.2 Å². The second-order valence-electron chi connectivity index (χ2n) is 24.6. The fraction of sp³-hybridized carbons (Fsp3) is 0.938. The third kappa shape index (κ3) is 56.3. The van der Waals surface area contributed by atoms with E-state index in [0.29, 0.717) is 31.6 Å². The van der Waals surface area contributed by atoms with Crippen LogP contribution in [0.25, 0.3) is 0 Å². The van der Waals surface area contributed by atoms with E-state index in [-0.39, 0.29) is 25.7 Å². The molecule has 5 unspecified atom stereocenters. The fourth-order valence-electron chi connectivity index (χ4n) is 9.36. The SMILES string of the molecule is CCC(C)CCCCCCCCCCC(=O)O[C@H](COC(=O)CCCCCCCCCC(C)C)COP(=O)(O)OCC(O)COP(=O)(O)OC[C@@H](COC(=O)CCCCCCCCCCC(C)C)OC(=O)CCCCCCCCC(C)CC. The third-order valence-electron chi connectivity index (χ3n) is 15.3. The van der Waals surface area contributed by atoms with Gasteiger partial charge in [-0.1, -0.05) is 254 Å². The van der Waals surface area contributed by atoms with E-state index < -0.39 is 97.5 Å². The number of hydrogen-bond donors (Lipinski definition) is 3. The van der Waals surface area contributed by atoms with Crippen molar-refractivity contribution in [3.05, 3.63) is 0 Å². The van der Waals surface area contributed by atoms with Crippen LogP contribution in [0, 0.1) is 23.7 Å². The molecule has 0 aromatic rings. The first-order chi connectivity index (χ1) is 39.7. The summed E-state index contributed by atoms with van der Waals surface area (Å²) in [5, 5.41) is 10.5. The summed E-state index contributed by atoms with van der Waals surface area (Å²) in [7, 11) is -9.89. The van der Waals surface area contributed by atoms with E-state index in [1.165, 1.54) is 103 Å². The lowest BCUT2D eigenvalue weighted by Gasteiger charge is -2.21. The minimum absolute atomic E-state index is 0.102. The average Bonchev–Trinajstić information content (AvgIpc) is 3.44. The van der Waals surface area contributed by atoms with Crippen LogP contribution in [-0.2, 0) is 65.4 Å². The maximum Gasteiger partial charge on any atom is 0.472 e. The summed E-state index contributed by atoms with van der Waals surface area (Å²) in [6.45, 7) is 13.9. The number of phosphoric ester groups is 2. The van der Waals surface area contributed by atoms with Crippen LogP contribution in [0.1, 0.15) is 306 Å². The van der Waals surface area contributed by atoms with Gasteiger partial charge in [0.2, 0.25) is 0 Å². The van der Waals surface area contributed by atoms with Gasteiger partial charge in [0.25, 0.3) is 0 Å². The molecule has 0 radical (unpaired) electrons. The summed E-state index contributed by atoms with van der Waals surface area (Å²) >= 11 is 0. The van der Waals surface area contributed by atoms with Gasteiger partial charge in [-0.15, -0.1) is 0 Å². The zero-order chi connectivity index (χ0) is 61.8. The molecule has 0 aromatic heterocycles. The third-order valence-corrected chi connectivity index (χ3v) is 17.2. The van der Waals surface area contributed by atoms with Gasteiger partial charge in [-0.3, -0.25) is 37.3 Å². The topological polar surface area (TPSA) is 237 Å². The Labute approximate surface area is 505 Å². The first-order valence-corrected chi connectivity index (χ1v) is 36.3. The second-order valence-corrected chi connectivity index (χ2v) is 27.5. The van der Waals surface area contributed by atoms with Gasteiger partial charge >= 0.3 is 39.5 Å². The summed E-state index contributed by atoms with van der Waals surface area (Å²) in [5.74, 6) is 0.778. The minimum Gasteiger partial charge on any atom is -0.462 e. The van der Waals surface area contributed by atoms with Gasteiger partial charge in [0, 0.05) is 25.7 Å². The molecule has 0 saturated carbocycles. The normalized spacial score (nSPS) is 15.1. The van der Waals surface area contributed by atoms with Crippen molar-refractivity contribution in [2.24, 2.45) is 23.7 Å². The Morgan fingerprint density at radius 1 is 0.337 bits per heavy atom. The quantitative estimate of drug-likeness (QED) is 0.0222. The first-order valence-electron chi connectivity index (χ1n) is 33.3. The van der Waals surface area contributed by atoms with E-state index in [0.717, 1.165) is 114 Å². The zero-order valence-electron chi connectivity index (χ0n) is 53.8. The zero-order valence-corrected chi connectivity index (χ0v) is 55.6. The lowest BCUT2D eigenvalue weighted by molar-refractivity contribution is -0.161. The van der Waals surface area contributed by atoms with Gasteiger partial charge < -0.3 is 33.8 Å². The molecule has 0 aliphatic rings. The standard InChI is InChI=1S/C64H124O17P2/c1-9-56(7)42-34-26-18-12-14-20-30-38-46-63(68)80-59(50-75-62(67)45-37-29-21-15-17-25-33-41-55(5)6)52-78-82(70,71)76-48-58(65)49-77-83(72,73)79-53-60(81-64(69)47-39-31-23-22-27-35-43-57(8)10-2)51-74-61(66)44-36-28-19-13-11-16-24-32-40-54(3)4/h54-60,65H,9-53H2,1-8H3,(H,70,71)(H,72,73)/t56?,57?,58?,59-,60-/m1/s1. The van der Waals surface area contributed by atoms with E-state index in [2.05, 4.69) is 55.4 Å². The monoisotopic (exact) mass is 1230 g/mol. The number of unbranched alkanes of at least 4 members (excludes halogenated alkanes) is 25. The van der Waals surface area contributed by atoms with Crippen LogP contribution in [0.2, 0.25) is 0 Å². The predicted molar refractivity (Wildman–Crippen MR) is 331 cm³/mol.